The summed E-state index contributed by atoms with van der Waals surface area (Å²) in [5.41, 5.74) is 0.695. The smallest absolute Gasteiger partial charge is 0.269 e. The number of rotatable bonds is 8. The van der Waals surface area contributed by atoms with Gasteiger partial charge in [-0.15, -0.1) is 0 Å². The second-order valence-corrected chi connectivity index (χ2v) is 9.69. The molecule has 32 heavy (non-hydrogen) atoms. The van der Waals surface area contributed by atoms with Gasteiger partial charge in [0.15, 0.2) is 11.5 Å². The molecule has 0 saturated carbocycles. The number of ether oxygens (including phenoxy) is 2. The summed E-state index contributed by atoms with van der Waals surface area (Å²) in [6.45, 7) is 2.53. The van der Waals surface area contributed by atoms with Crippen LogP contribution in [0.2, 0.25) is 0 Å². The molecule has 2 heterocycles. The maximum atomic E-state index is 12.6. The van der Waals surface area contributed by atoms with Crippen molar-refractivity contribution >= 4 is 15.9 Å². The minimum absolute atomic E-state index is 0.0477. The number of nitrogens with zero attached hydrogens (tertiary/aromatic N) is 3. The zero-order valence-corrected chi connectivity index (χ0v) is 18.7. The molecule has 0 aromatic heterocycles. The number of likely N-dealkylation sites (tertiary alicyclic amines) is 1. The average molecular weight is 456 g/mol. The first kappa shape index (κ1) is 22.1. The van der Waals surface area contributed by atoms with E-state index in [0.717, 1.165) is 36.8 Å². The summed E-state index contributed by atoms with van der Waals surface area (Å²) in [6.07, 6.45) is 2.14. The Morgan fingerprint density at radius 1 is 1.12 bits per heavy atom. The van der Waals surface area contributed by atoms with Crippen LogP contribution in [0.5, 0.6) is 11.5 Å². The fourth-order valence-electron chi connectivity index (χ4n) is 4.19. The molecule has 8 nitrogen and oxygen atoms in total. The summed E-state index contributed by atoms with van der Waals surface area (Å²) < 4.78 is 37.6. The minimum atomic E-state index is -3.74. The molecule has 1 saturated heterocycles. The lowest BCUT2D eigenvalue weighted by molar-refractivity contribution is 0.0869. The van der Waals surface area contributed by atoms with E-state index in [4.69, 9.17) is 9.47 Å². The van der Waals surface area contributed by atoms with E-state index in [2.05, 4.69) is 11.0 Å². The molecule has 2 aliphatic heterocycles. The van der Waals surface area contributed by atoms with Gasteiger partial charge in [-0.25, -0.2) is 12.7 Å². The highest BCUT2D eigenvalue weighted by Crippen LogP contribution is 2.33. The van der Waals surface area contributed by atoms with Crippen molar-refractivity contribution in [3.63, 3.8) is 0 Å². The predicted octanol–water partition coefficient (Wildman–Crippen LogP) is 2.64. The van der Waals surface area contributed by atoms with Gasteiger partial charge in [0.2, 0.25) is 0 Å². The highest BCUT2D eigenvalue weighted by molar-refractivity contribution is 7.90. The van der Waals surface area contributed by atoms with Crippen molar-refractivity contribution in [3.8, 4) is 17.6 Å². The molecular weight excluding hydrogens is 430 g/mol. The molecule has 1 unspecified atom stereocenters. The molecule has 0 N–H and O–H groups in total. The van der Waals surface area contributed by atoms with Gasteiger partial charge in [0.25, 0.3) is 15.9 Å². The van der Waals surface area contributed by atoms with E-state index in [1.54, 1.807) is 43.5 Å². The van der Waals surface area contributed by atoms with Crippen LogP contribution in [0.25, 0.3) is 0 Å². The number of hydrogen-bond donors (Lipinski definition) is 0. The number of sulfonamides is 1. The number of benzene rings is 2. The molecule has 9 heteroatoms. The van der Waals surface area contributed by atoms with Gasteiger partial charge in [-0.05, 0) is 50.1 Å². The van der Waals surface area contributed by atoms with Crippen molar-refractivity contribution in [3.05, 3.63) is 53.6 Å². The number of amides is 1. The van der Waals surface area contributed by atoms with E-state index in [-0.39, 0.29) is 23.1 Å². The van der Waals surface area contributed by atoms with Crippen LogP contribution >= 0.6 is 0 Å². The van der Waals surface area contributed by atoms with E-state index in [0.29, 0.717) is 23.5 Å². The largest absolute Gasteiger partial charge is 0.493 e. The van der Waals surface area contributed by atoms with Crippen LogP contribution in [0.1, 0.15) is 35.2 Å². The van der Waals surface area contributed by atoms with Gasteiger partial charge in [0.05, 0.1) is 18.2 Å². The highest BCUT2D eigenvalue weighted by Gasteiger charge is 2.40. The normalized spacial score (nSPS) is 19.6. The van der Waals surface area contributed by atoms with Gasteiger partial charge >= 0.3 is 0 Å². The Labute approximate surface area is 188 Å². The fraction of sp³-hybridized carbons (Fsp3) is 0.391. The first-order chi connectivity index (χ1) is 15.5. The SMILES string of the molecule is COc1cccc(C#N)c1OC1CCN(CCCCN2C(=O)c3ccccc3S2(=O)=O)C1. The van der Waals surface area contributed by atoms with Crippen molar-refractivity contribution in [2.45, 2.75) is 30.3 Å². The summed E-state index contributed by atoms with van der Waals surface area (Å²) in [7, 11) is -2.19. The molecule has 0 radical (unpaired) electrons. The second-order valence-electron chi connectivity index (χ2n) is 7.86. The third-order valence-corrected chi connectivity index (χ3v) is 7.67. The van der Waals surface area contributed by atoms with Crippen LogP contribution in [-0.4, -0.2) is 62.9 Å². The number of unbranched alkanes of at least 4 members (excludes halogenated alkanes) is 1. The predicted molar refractivity (Wildman–Crippen MR) is 117 cm³/mol. The van der Waals surface area contributed by atoms with E-state index in [1.165, 1.54) is 6.07 Å². The summed E-state index contributed by atoms with van der Waals surface area (Å²) in [4.78, 5) is 14.8. The van der Waals surface area contributed by atoms with E-state index in [1.807, 2.05) is 0 Å². The van der Waals surface area contributed by atoms with Crippen LogP contribution in [0.15, 0.2) is 47.4 Å². The van der Waals surface area contributed by atoms with Gasteiger partial charge in [-0.1, -0.05) is 18.2 Å². The Balaban J connectivity index is 1.27. The lowest BCUT2D eigenvalue weighted by Crippen LogP contribution is -2.32. The van der Waals surface area contributed by atoms with Gasteiger partial charge in [-0.3, -0.25) is 9.69 Å². The number of nitriles is 1. The number of carbonyl (C=O) groups excluding carboxylic acids is 1. The van der Waals surface area contributed by atoms with Crippen molar-refractivity contribution in [2.24, 2.45) is 0 Å². The van der Waals surface area contributed by atoms with Crippen molar-refractivity contribution in [1.82, 2.24) is 9.21 Å². The Kier molecular flexibility index (Phi) is 6.35. The lowest BCUT2D eigenvalue weighted by atomic mass is 10.2. The quantitative estimate of drug-likeness (QED) is 0.564. The van der Waals surface area contributed by atoms with Crippen LogP contribution < -0.4 is 9.47 Å². The van der Waals surface area contributed by atoms with Crippen LogP contribution in [0.3, 0.4) is 0 Å². The molecule has 1 fully saturated rings. The molecule has 0 spiro atoms. The monoisotopic (exact) mass is 455 g/mol. The third kappa shape index (κ3) is 4.16. The van der Waals surface area contributed by atoms with Crippen LogP contribution in [0, 0.1) is 11.3 Å². The van der Waals surface area contributed by atoms with Gasteiger partial charge < -0.3 is 9.47 Å². The molecule has 1 atom stereocenters. The number of para-hydroxylation sites is 1. The Bertz CT molecular complexity index is 1160. The number of hydrogen-bond acceptors (Lipinski definition) is 7. The van der Waals surface area contributed by atoms with Gasteiger partial charge in [0, 0.05) is 19.6 Å². The first-order valence-corrected chi connectivity index (χ1v) is 12.0. The average Bonchev–Trinajstić information content (AvgIpc) is 3.32. The molecule has 4 rings (SSSR count). The van der Waals surface area contributed by atoms with E-state index < -0.39 is 15.9 Å². The van der Waals surface area contributed by atoms with Crippen LogP contribution in [-0.2, 0) is 10.0 Å². The Morgan fingerprint density at radius 3 is 2.66 bits per heavy atom. The summed E-state index contributed by atoms with van der Waals surface area (Å²) in [5.74, 6) is 0.571. The molecule has 2 aromatic carbocycles. The maximum absolute atomic E-state index is 12.6. The number of fused-ring (bicyclic) bond motifs is 1. The Hall–Kier alpha value is -3.09. The van der Waals surface area contributed by atoms with E-state index in [9.17, 15) is 18.5 Å². The van der Waals surface area contributed by atoms with Crippen molar-refractivity contribution in [2.75, 3.05) is 33.3 Å². The number of methoxy groups -OCH3 is 1. The lowest BCUT2D eigenvalue weighted by Gasteiger charge is -2.19. The zero-order chi connectivity index (χ0) is 22.7. The third-order valence-electron chi connectivity index (χ3n) is 5.83. The van der Waals surface area contributed by atoms with E-state index >= 15 is 0 Å². The van der Waals surface area contributed by atoms with Gasteiger partial charge in [-0.2, -0.15) is 5.26 Å². The summed E-state index contributed by atoms with van der Waals surface area (Å²) in [5, 5.41) is 9.34. The number of carbonyl (C=O) groups is 1. The van der Waals surface area contributed by atoms with Crippen molar-refractivity contribution < 1.29 is 22.7 Å². The van der Waals surface area contributed by atoms with Gasteiger partial charge in [0.1, 0.15) is 17.1 Å². The molecule has 0 bridgehead atoms. The fourth-order valence-corrected chi connectivity index (χ4v) is 5.80. The Morgan fingerprint density at radius 2 is 1.91 bits per heavy atom. The standard InChI is InChI=1S/C23H25N3O5S/c1-30-20-9-6-7-17(15-24)22(20)31-18-11-14-25(16-18)12-4-5-13-26-23(27)19-8-2-3-10-21(19)32(26,28)29/h2-3,6-10,18H,4-5,11-14,16H2,1H3. The van der Waals surface area contributed by atoms with Crippen LogP contribution in [0.4, 0.5) is 0 Å². The maximum Gasteiger partial charge on any atom is 0.269 e. The van der Waals surface area contributed by atoms with Crippen molar-refractivity contribution in [1.29, 1.82) is 5.26 Å². The summed E-state index contributed by atoms with van der Waals surface area (Å²) in [6, 6.07) is 13.7. The molecule has 2 aliphatic rings. The summed E-state index contributed by atoms with van der Waals surface area (Å²) >= 11 is 0. The highest BCUT2D eigenvalue weighted by atomic mass is 32.2. The molecule has 0 aliphatic carbocycles. The topological polar surface area (TPSA) is 99.9 Å². The minimum Gasteiger partial charge on any atom is -0.493 e. The molecular formula is C23H25N3O5S. The molecule has 1 amide bonds. The molecule has 168 valence electrons. The zero-order valence-electron chi connectivity index (χ0n) is 17.9. The molecule has 2 aromatic rings. The second kappa shape index (κ2) is 9.18. The first-order valence-electron chi connectivity index (χ1n) is 10.6.